The van der Waals surface area contributed by atoms with Crippen LogP contribution in [0.2, 0.25) is 0 Å². The van der Waals surface area contributed by atoms with Crippen LogP contribution in [0.25, 0.3) is 0 Å². The van der Waals surface area contributed by atoms with E-state index in [0.717, 1.165) is 11.0 Å². The number of thiophene rings is 1. The fourth-order valence-corrected chi connectivity index (χ4v) is 4.44. The van der Waals surface area contributed by atoms with Gasteiger partial charge in [0, 0.05) is 21.4 Å². The highest BCUT2D eigenvalue weighted by Crippen LogP contribution is 2.32. The van der Waals surface area contributed by atoms with Gasteiger partial charge in [-0.3, -0.25) is 0 Å². The lowest BCUT2D eigenvalue weighted by Crippen LogP contribution is -2.08. The Morgan fingerprint density at radius 2 is 2.18 bits per heavy atom. The van der Waals surface area contributed by atoms with E-state index >= 15 is 0 Å². The molecule has 0 spiro atoms. The van der Waals surface area contributed by atoms with E-state index in [2.05, 4.69) is 35.0 Å². The molecule has 0 amide bonds. The molecule has 17 heavy (non-hydrogen) atoms. The minimum Gasteiger partial charge on any atom is -0.320 e. The van der Waals surface area contributed by atoms with E-state index in [0.29, 0.717) is 6.54 Å². The van der Waals surface area contributed by atoms with Crippen LogP contribution in [-0.2, 0) is 5.75 Å². The first-order valence-electron chi connectivity index (χ1n) is 6.27. The second-order valence-electron chi connectivity index (χ2n) is 4.33. The average molecular weight is 265 g/mol. The third-order valence-corrected chi connectivity index (χ3v) is 5.57. The van der Waals surface area contributed by atoms with E-state index < -0.39 is 0 Å². The Balaban J connectivity index is 1.87. The van der Waals surface area contributed by atoms with Crippen LogP contribution in [0, 0.1) is 11.8 Å². The van der Waals surface area contributed by atoms with Crippen molar-refractivity contribution in [1.29, 1.82) is 0 Å². The zero-order chi connectivity index (χ0) is 11.9. The summed E-state index contributed by atoms with van der Waals surface area (Å²) >= 11 is 3.94. The van der Waals surface area contributed by atoms with Crippen molar-refractivity contribution in [2.24, 2.45) is 5.73 Å². The summed E-state index contributed by atoms with van der Waals surface area (Å²) in [5.74, 6) is 7.23. The SMILES string of the molecule is NCC#Cc1ccsc1CSC1CCCCC1. The standard InChI is InChI=1S/C14H19NS2/c15-9-4-5-12-8-10-16-14(12)11-17-13-6-2-1-3-7-13/h8,10,13H,1-3,6-7,9,11,15H2. The van der Waals surface area contributed by atoms with E-state index in [1.54, 1.807) is 0 Å². The van der Waals surface area contributed by atoms with Crippen molar-refractivity contribution in [2.75, 3.05) is 6.54 Å². The molecule has 1 fully saturated rings. The molecule has 1 aromatic heterocycles. The highest BCUT2D eigenvalue weighted by molar-refractivity contribution is 7.99. The van der Waals surface area contributed by atoms with Crippen molar-refractivity contribution in [1.82, 2.24) is 0 Å². The Morgan fingerprint density at radius 3 is 2.94 bits per heavy atom. The summed E-state index contributed by atoms with van der Waals surface area (Å²) in [4.78, 5) is 1.42. The molecule has 1 heterocycles. The van der Waals surface area contributed by atoms with Gasteiger partial charge in [0.15, 0.2) is 0 Å². The second kappa shape index (κ2) is 7.10. The van der Waals surface area contributed by atoms with Crippen molar-refractivity contribution >= 4 is 23.1 Å². The van der Waals surface area contributed by atoms with Crippen LogP contribution in [0.5, 0.6) is 0 Å². The normalized spacial score (nSPS) is 16.5. The number of thioether (sulfide) groups is 1. The van der Waals surface area contributed by atoms with Gasteiger partial charge in [0.05, 0.1) is 6.54 Å². The molecule has 0 atom stereocenters. The van der Waals surface area contributed by atoms with Gasteiger partial charge in [-0.1, -0.05) is 31.1 Å². The smallest absolute Gasteiger partial charge is 0.0555 e. The van der Waals surface area contributed by atoms with Crippen molar-refractivity contribution < 1.29 is 0 Å². The Bertz CT molecular complexity index is 394. The van der Waals surface area contributed by atoms with Crippen molar-refractivity contribution in [2.45, 2.75) is 43.1 Å². The largest absolute Gasteiger partial charge is 0.320 e. The first-order chi connectivity index (χ1) is 8.40. The summed E-state index contributed by atoms with van der Waals surface area (Å²) in [7, 11) is 0. The van der Waals surface area contributed by atoms with Crippen LogP contribution in [0.3, 0.4) is 0 Å². The van der Waals surface area contributed by atoms with Gasteiger partial charge in [0.2, 0.25) is 0 Å². The van der Waals surface area contributed by atoms with Crippen LogP contribution >= 0.6 is 23.1 Å². The summed E-state index contributed by atoms with van der Waals surface area (Å²) in [6.07, 6.45) is 7.08. The quantitative estimate of drug-likeness (QED) is 0.845. The fraction of sp³-hybridized carbons (Fsp3) is 0.571. The summed E-state index contributed by atoms with van der Waals surface area (Å²) in [6.45, 7) is 0.449. The van der Waals surface area contributed by atoms with E-state index in [1.807, 2.05) is 11.3 Å². The molecule has 0 unspecified atom stereocenters. The van der Waals surface area contributed by atoms with Crippen LogP contribution in [0.4, 0.5) is 0 Å². The van der Waals surface area contributed by atoms with Crippen molar-refractivity contribution in [3.63, 3.8) is 0 Å². The molecule has 3 heteroatoms. The lowest BCUT2D eigenvalue weighted by Gasteiger charge is -2.20. The number of hydrogen-bond donors (Lipinski definition) is 1. The molecule has 92 valence electrons. The van der Waals surface area contributed by atoms with Crippen molar-refractivity contribution in [3.05, 3.63) is 21.9 Å². The predicted molar refractivity (Wildman–Crippen MR) is 78.4 cm³/mol. The van der Waals surface area contributed by atoms with Gasteiger partial charge in [0.25, 0.3) is 0 Å². The van der Waals surface area contributed by atoms with Crippen LogP contribution in [-0.4, -0.2) is 11.8 Å². The van der Waals surface area contributed by atoms with Gasteiger partial charge >= 0.3 is 0 Å². The molecule has 0 radical (unpaired) electrons. The van der Waals surface area contributed by atoms with Crippen molar-refractivity contribution in [3.8, 4) is 11.8 Å². The summed E-state index contributed by atoms with van der Waals surface area (Å²) in [5.41, 5.74) is 6.59. The van der Waals surface area contributed by atoms with Gasteiger partial charge in [0.1, 0.15) is 0 Å². The van der Waals surface area contributed by atoms with Crippen LogP contribution in [0.15, 0.2) is 11.4 Å². The minimum absolute atomic E-state index is 0.449. The topological polar surface area (TPSA) is 26.0 Å². The summed E-state index contributed by atoms with van der Waals surface area (Å²) < 4.78 is 0. The predicted octanol–water partition coefficient (Wildman–Crippen LogP) is 3.62. The monoisotopic (exact) mass is 265 g/mol. The average Bonchev–Trinajstić information content (AvgIpc) is 2.82. The van der Waals surface area contributed by atoms with Gasteiger partial charge in [-0.25, -0.2) is 0 Å². The first kappa shape index (κ1) is 13.0. The Kier molecular flexibility index (Phi) is 5.44. The second-order valence-corrected chi connectivity index (χ2v) is 6.62. The molecule has 2 rings (SSSR count). The van der Waals surface area contributed by atoms with Gasteiger partial charge in [-0.05, 0) is 24.3 Å². The number of nitrogens with two attached hydrogens (primary N) is 1. The summed E-state index contributed by atoms with van der Waals surface area (Å²) in [6, 6.07) is 2.12. The third-order valence-electron chi connectivity index (χ3n) is 3.07. The number of hydrogen-bond acceptors (Lipinski definition) is 3. The lowest BCUT2D eigenvalue weighted by molar-refractivity contribution is 0.516. The lowest BCUT2D eigenvalue weighted by atomic mass is 10.0. The first-order valence-corrected chi connectivity index (χ1v) is 8.20. The van der Waals surface area contributed by atoms with E-state index in [9.17, 15) is 0 Å². The van der Waals surface area contributed by atoms with Gasteiger partial charge < -0.3 is 5.73 Å². The molecule has 0 bridgehead atoms. The van der Waals surface area contributed by atoms with E-state index in [4.69, 9.17) is 5.73 Å². The maximum absolute atomic E-state index is 5.41. The maximum Gasteiger partial charge on any atom is 0.0555 e. The van der Waals surface area contributed by atoms with Gasteiger partial charge in [-0.2, -0.15) is 11.8 Å². The molecule has 0 saturated heterocycles. The maximum atomic E-state index is 5.41. The molecule has 1 aliphatic carbocycles. The summed E-state index contributed by atoms with van der Waals surface area (Å²) in [5, 5.41) is 3.01. The molecule has 1 saturated carbocycles. The Morgan fingerprint density at radius 1 is 1.35 bits per heavy atom. The highest BCUT2D eigenvalue weighted by Gasteiger charge is 2.14. The highest BCUT2D eigenvalue weighted by atomic mass is 32.2. The zero-order valence-electron chi connectivity index (χ0n) is 10.1. The molecular formula is C14H19NS2. The fourth-order valence-electron chi connectivity index (χ4n) is 2.14. The van der Waals surface area contributed by atoms with Gasteiger partial charge in [-0.15, -0.1) is 11.3 Å². The molecule has 2 N–H and O–H groups in total. The number of rotatable bonds is 3. The van der Waals surface area contributed by atoms with Crippen LogP contribution < -0.4 is 5.73 Å². The minimum atomic E-state index is 0.449. The molecule has 0 aromatic carbocycles. The Labute approximate surface area is 112 Å². The molecule has 1 aromatic rings. The molecule has 1 nitrogen and oxygen atoms in total. The third kappa shape index (κ3) is 4.06. The van der Waals surface area contributed by atoms with E-state index in [-0.39, 0.29) is 0 Å². The zero-order valence-corrected chi connectivity index (χ0v) is 11.7. The molecular weight excluding hydrogens is 246 g/mol. The van der Waals surface area contributed by atoms with E-state index in [1.165, 1.54) is 42.5 Å². The molecule has 1 aliphatic rings. The van der Waals surface area contributed by atoms with Crippen LogP contribution in [0.1, 0.15) is 42.5 Å². The molecule has 0 aliphatic heterocycles. The Hall–Kier alpha value is -0.430.